The molecule has 1 aliphatic rings. The van der Waals surface area contributed by atoms with Gasteiger partial charge in [0.1, 0.15) is 0 Å². The molecular formula is C65H70N2S2. The van der Waals surface area contributed by atoms with Gasteiger partial charge in [0.2, 0.25) is 0 Å². The van der Waals surface area contributed by atoms with Crippen molar-refractivity contribution >= 4 is 76.8 Å². The molecule has 0 radical (unpaired) electrons. The summed E-state index contributed by atoms with van der Waals surface area (Å²) in [7, 11) is -2.62. The van der Waals surface area contributed by atoms with Crippen LogP contribution < -0.4 is 20.2 Å². The van der Waals surface area contributed by atoms with Crippen LogP contribution in [0.1, 0.15) is 48.1 Å². The van der Waals surface area contributed by atoms with E-state index in [4.69, 9.17) is 6.58 Å². The van der Waals surface area contributed by atoms with Crippen LogP contribution in [0.2, 0.25) is 0 Å². The van der Waals surface area contributed by atoms with Crippen molar-refractivity contribution in [1.29, 1.82) is 0 Å². The van der Waals surface area contributed by atoms with E-state index in [1.807, 2.05) is 13.8 Å². The van der Waals surface area contributed by atoms with Gasteiger partial charge >= 0.3 is 0 Å². The van der Waals surface area contributed by atoms with Crippen molar-refractivity contribution < 1.29 is 0 Å². The second-order valence-corrected chi connectivity index (χ2v) is 27.8. The molecule has 0 saturated carbocycles. The Morgan fingerprint density at radius 2 is 0.928 bits per heavy atom. The van der Waals surface area contributed by atoms with E-state index in [0.29, 0.717) is 0 Å². The molecule has 0 saturated heterocycles. The van der Waals surface area contributed by atoms with Crippen LogP contribution in [0.15, 0.2) is 187 Å². The summed E-state index contributed by atoms with van der Waals surface area (Å²) in [6, 6.07) is 60.4. The maximum absolute atomic E-state index is 5.12. The third-order valence-corrected chi connectivity index (χ3v) is 16.6. The molecular weight excluding hydrogens is 873 g/mol. The number of hydrogen-bond acceptors (Lipinski definition) is 2. The van der Waals surface area contributed by atoms with Gasteiger partial charge in [0.05, 0.1) is 5.69 Å². The van der Waals surface area contributed by atoms with Gasteiger partial charge in [0.15, 0.2) is 0 Å². The monoisotopic (exact) mass is 942 g/mol. The standard InChI is InChI=1S/C63H64N2S2.C2H6/c1-43-23-18-20-31-56(43)64(58-39-50(35-33-45(58)3)48-25-14-12-15-26-48)52-29-22-30-55-62(67(9,10)11)42-60(54-38-37-53(47(5)63(54)55)61(41-52)66(6,7)8)65(57-32-21-19-24-44(57)2)59-40-51(36-34-46(59)4)49-27-16-13-17-28-49;1-2/h12-28,30-42H,5,29H2,1-4,6-11H3;1-2H3/b30-22-,52-41+,61-53+;. The quantitative estimate of drug-likeness (QED) is 0.135. The second-order valence-electron chi connectivity index (χ2n) is 19.6. The molecule has 0 unspecified atom stereocenters. The van der Waals surface area contributed by atoms with Gasteiger partial charge in [-0.1, -0.05) is 166 Å². The lowest BCUT2D eigenvalue weighted by Gasteiger charge is -2.36. The lowest BCUT2D eigenvalue weighted by molar-refractivity contribution is 1.06. The van der Waals surface area contributed by atoms with Crippen molar-refractivity contribution in [2.24, 2.45) is 0 Å². The molecule has 8 aromatic rings. The normalized spacial score (nSPS) is 15.1. The van der Waals surface area contributed by atoms with Crippen molar-refractivity contribution in [2.45, 2.75) is 52.9 Å². The number of allylic oxidation sites excluding steroid dienone is 1. The minimum atomic E-state index is -1.32. The number of benzene rings is 8. The number of fused-ring (bicyclic) bond motifs is 1. The van der Waals surface area contributed by atoms with Crippen LogP contribution in [-0.4, -0.2) is 37.5 Å². The Hall–Kier alpha value is -6.46. The van der Waals surface area contributed by atoms with E-state index in [-0.39, 0.29) is 0 Å². The van der Waals surface area contributed by atoms with Gasteiger partial charge in [0.25, 0.3) is 0 Å². The molecule has 0 amide bonds. The fraction of sp³-hybridized carbons (Fsp3) is 0.200. The summed E-state index contributed by atoms with van der Waals surface area (Å²) in [5, 5.41) is 4.75. The summed E-state index contributed by atoms with van der Waals surface area (Å²) in [5.41, 5.74) is 18.2. The molecule has 0 atom stereocenters. The van der Waals surface area contributed by atoms with Crippen LogP contribution in [0.3, 0.4) is 0 Å². The number of hydrogen-bond donors (Lipinski definition) is 0. The molecule has 4 heteroatoms. The van der Waals surface area contributed by atoms with E-state index in [0.717, 1.165) is 11.6 Å². The summed E-state index contributed by atoms with van der Waals surface area (Å²) >= 11 is 0. The molecule has 0 spiro atoms. The fourth-order valence-corrected chi connectivity index (χ4v) is 12.3. The minimum Gasteiger partial charge on any atom is -0.313 e. The van der Waals surface area contributed by atoms with Crippen LogP contribution in [0.5, 0.6) is 0 Å². The molecule has 0 heterocycles. The first kappa shape index (κ1) is 49.0. The SMILES string of the molecule is C=c1\c2ccc3c(N(c4ccccc4C)c4cc(-c5ccccc5)ccc4C)cc(S(C)(C)C)c(c13)/C=C\C/C(N(c1ccccc1C)c1cc(-c3ccccc3)ccc1C)=C\C=2S(C)(C)C.CC. The van der Waals surface area contributed by atoms with Gasteiger partial charge in [-0.15, -0.1) is 0 Å². The summed E-state index contributed by atoms with van der Waals surface area (Å²) in [5.74, 6) is 0. The van der Waals surface area contributed by atoms with Crippen molar-refractivity contribution in [1.82, 2.24) is 0 Å². The Kier molecular flexibility index (Phi) is 14.4. The van der Waals surface area contributed by atoms with Crippen LogP contribution in [0, 0.1) is 27.7 Å². The number of anilines is 5. The van der Waals surface area contributed by atoms with Gasteiger partial charge in [-0.05, 0) is 177 Å². The maximum Gasteiger partial charge on any atom is 0.0551 e. The maximum atomic E-state index is 5.12. The molecule has 2 nitrogen and oxygen atoms in total. The van der Waals surface area contributed by atoms with E-state index < -0.39 is 20.1 Å². The van der Waals surface area contributed by atoms with Crippen molar-refractivity contribution in [2.75, 3.05) is 47.3 Å². The highest BCUT2D eigenvalue weighted by Crippen LogP contribution is 2.54. The molecule has 0 fully saturated rings. The number of nitrogens with zero attached hydrogens (tertiary/aromatic N) is 2. The second kappa shape index (κ2) is 20.2. The largest absolute Gasteiger partial charge is 0.313 e. The van der Waals surface area contributed by atoms with Crippen molar-refractivity contribution in [3.63, 3.8) is 0 Å². The summed E-state index contributed by atoms with van der Waals surface area (Å²) in [4.78, 5) is 7.81. The Labute approximate surface area is 416 Å². The van der Waals surface area contributed by atoms with E-state index in [1.54, 1.807) is 0 Å². The van der Waals surface area contributed by atoms with Crippen molar-refractivity contribution in [3.8, 4) is 22.3 Å². The average Bonchev–Trinajstić information content (AvgIpc) is 3.33. The third kappa shape index (κ3) is 9.89. The van der Waals surface area contributed by atoms with E-state index in [2.05, 4.69) is 257 Å². The molecule has 352 valence electrons. The highest BCUT2D eigenvalue weighted by molar-refractivity contribution is 8.39. The Balaban J connectivity index is 0.00000317. The molecule has 2 bridgehead atoms. The van der Waals surface area contributed by atoms with Crippen LogP contribution >= 0.6 is 20.1 Å². The first-order valence-corrected chi connectivity index (χ1v) is 29.9. The number of para-hydroxylation sites is 2. The smallest absolute Gasteiger partial charge is 0.0551 e. The highest BCUT2D eigenvalue weighted by atomic mass is 32.3. The first-order valence-electron chi connectivity index (χ1n) is 24.2. The molecule has 0 aromatic heterocycles. The lowest BCUT2D eigenvalue weighted by Crippen LogP contribution is -2.29. The zero-order valence-corrected chi connectivity index (χ0v) is 44.6. The molecule has 8 aromatic carbocycles. The average molecular weight is 943 g/mol. The van der Waals surface area contributed by atoms with E-state index in [9.17, 15) is 0 Å². The zero-order chi connectivity index (χ0) is 49.2. The summed E-state index contributed by atoms with van der Waals surface area (Å²) in [6.07, 6.45) is 22.8. The zero-order valence-electron chi connectivity index (χ0n) is 42.9. The highest BCUT2D eigenvalue weighted by Gasteiger charge is 2.27. The number of rotatable bonds is 10. The topological polar surface area (TPSA) is 6.48 Å². The van der Waals surface area contributed by atoms with Gasteiger partial charge < -0.3 is 9.80 Å². The third-order valence-electron chi connectivity index (χ3n) is 13.2. The Bertz CT molecular complexity index is 3350. The Morgan fingerprint density at radius 1 is 0.449 bits per heavy atom. The van der Waals surface area contributed by atoms with Gasteiger partial charge in [-0.3, -0.25) is 0 Å². The van der Waals surface area contributed by atoms with Crippen LogP contribution in [-0.2, 0) is 0 Å². The van der Waals surface area contributed by atoms with Gasteiger partial charge in [-0.2, -0.15) is 0 Å². The predicted molar refractivity (Wildman–Crippen MR) is 314 cm³/mol. The lowest BCUT2D eigenvalue weighted by atomic mass is 9.95. The first-order chi connectivity index (χ1) is 33.1. The van der Waals surface area contributed by atoms with Crippen LogP contribution in [0.25, 0.3) is 50.6 Å². The predicted octanol–water partition coefficient (Wildman–Crippen LogP) is 17.3. The molecule has 0 N–H and O–H groups in total. The van der Waals surface area contributed by atoms with Gasteiger partial charge in [-0.25, -0.2) is 20.1 Å². The summed E-state index contributed by atoms with van der Waals surface area (Å²) < 4.78 is 0. The van der Waals surface area contributed by atoms with E-state index in [1.165, 1.54) is 110 Å². The summed E-state index contributed by atoms with van der Waals surface area (Å²) in [6.45, 7) is 18.1. The Morgan fingerprint density at radius 3 is 1.43 bits per heavy atom. The molecule has 9 rings (SSSR count). The van der Waals surface area contributed by atoms with E-state index >= 15 is 0 Å². The number of aryl methyl sites for hydroxylation is 4. The fourth-order valence-electron chi connectivity index (χ4n) is 9.69. The van der Waals surface area contributed by atoms with Crippen molar-refractivity contribution in [3.05, 3.63) is 220 Å². The molecule has 69 heavy (non-hydrogen) atoms. The molecule has 1 aliphatic carbocycles. The molecule has 0 aliphatic heterocycles. The van der Waals surface area contributed by atoms with Gasteiger partial charge in [0, 0.05) is 40.3 Å². The van der Waals surface area contributed by atoms with Crippen LogP contribution in [0.4, 0.5) is 28.4 Å². The minimum absolute atomic E-state index is 0.738.